The van der Waals surface area contributed by atoms with E-state index in [0.717, 1.165) is 12.8 Å². The second-order valence-electron chi connectivity index (χ2n) is 8.33. The number of rotatable bonds is 6. The Hall–Kier alpha value is -1.47. The molecule has 3 rings (SSSR count). The Balaban J connectivity index is 1.96. The van der Waals surface area contributed by atoms with Crippen LogP contribution in [-0.2, 0) is 25.3 Å². The van der Waals surface area contributed by atoms with E-state index in [0.29, 0.717) is 5.56 Å². The largest absolute Gasteiger partial charge is 0.497 e. The predicted molar refractivity (Wildman–Crippen MR) is 99.0 cm³/mol. The van der Waals surface area contributed by atoms with E-state index >= 15 is 4.39 Å². The van der Waals surface area contributed by atoms with E-state index < -0.39 is 35.9 Å². The lowest BCUT2D eigenvalue weighted by molar-refractivity contribution is -0.143. The molecular formula is C20H27BF2O4. The maximum absolute atomic E-state index is 15.2. The number of ether oxygens (including phenoxy) is 1. The molecule has 27 heavy (non-hydrogen) atoms. The van der Waals surface area contributed by atoms with Gasteiger partial charge in [0, 0.05) is 17.4 Å². The van der Waals surface area contributed by atoms with Crippen LogP contribution in [0.15, 0.2) is 6.07 Å². The summed E-state index contributed by atoms with van der Waals surface area (Å²) < 4.78 is 47.0. The summed E-state index contributed by atoms with van der Waals surface area (Å²) in [5.74, 6) is -1.63. The number of carbonyl (C=O) groups excluding carboxylic acids is 1. The molecule has 1 saturated carbocycles. The molecule has 148 valence electrons. The lowest BCUT2D eigenvalue weighted by Crippen LogP contribution is -2.41. The Morgan fingerprint density at radius 2 is 1.78 bits per heavy atom. The van der Waals surface area contributed by atoms with Crippen LogP contribution < -0.4 is 5.46 Å². The fourth-order valence-corrected chi connectivity index (χ4v) is 3.25. The maximum atomic E-state index is 15.2. The highest BCUT2D eigenvalue weighted by Gasteiger charge is 2.53. The summed E-state index contributed by atoms with van der Waals surface area (Å²) in [6.45, 7) is 9.49. The molecule has 0 unspecified atom stereocenters. The zero-order valence-electron chi connectivity index (χ0n) is 16.7. The zero-order chi connectivity index (χ0) is 20.0. The van der Waals surface area contributed by atoms with Gasteiger partial charge in [-0.05, 0) is 65.4 Å². The first kappa shape index (κ1) is 20.3. The summed E-state index contributed by atoms with van der Waals surface area (Å²) in [6.07, 6.45) is 1.63. The predicted octanol–water partition coefficient (Wildman–Crippen LogP) is 3.64. The van der Waals surface area contributed by atoms with Gasteiger partial charge in [-0.1, -0.05) is 6.07 Å². The average molecular weight is 380 g/mol. The molecule has 1 aliphatic carbocycles. The molecule has 1 aromatic rings. The Kier molecular flexibility index (Phi) is 5.38. The highest BCUT2D eigenvalue weighted by molar-refractivity contribution is 6.62. The number of hydrogen-bond acceptors (Lipinski definition) is 4. The van der Waals surface area contributed by atoms with E-state index in [1.165, 1.54) is 0 Å². The van der Waals surface area contributed by atoms with Crippen molar-refractivity contribution in [1.29, 1.82) is 0 Å². The Morgan fingerprint density at radius 1 is 1.19 bits per heavy atom. The monoisotopic (exact) mass is 380 g/mol. The molecule has 0 amide bonds. The SMILES string of the molecule is CCOC(=O)CCc1c(F)c(B2OC(C)(C)C(C)(C)O2)cc(C2CC2)c1F. The summed E-state index contributed by atoms with van der Waals surface area (Å²) in [7, 11) is -0.908. The first-order valence-corrected chi connectivity index (χ1v) is 9.59. The minimum absolute atomic E-state index is 0.0520. The third kappa shape index (κ3) is 3.90. The molecule has 4 nitrogen and oxygen atoms in total. The third-order valence-electron chi connectivity index (χ3n) is 5.76. The second kappa shape index (κ2) is 7.17. The molecule has 7 heteroatoms. The van der Waals surface area contributed by atoms with Crippen molar-refractivity contribution in [1.82, 2.24) is 0 Å². The van der Waals surface area contributed by atoms with Crippen molar-refractivity contribution >= 4 is 18.6 Å². The van der Waals surface area contributed by atoms with Gasteiger partial charge in [0.25, 0.3) is 0 Å². The number of esters is 1. The first-order chi connectivity index (χ1) is 12.6. The summed E-state index contributed by atoms with van der Waals surface area (Å²) >= 11 is 0. The fraction of sp³-hybridized carbons (Fsp3) is 0.650. The van der Waals surface area contributed by atoms with E-state index in [-0.39, 0.29) is 36.4 Å². The fourth-order valence-electron chi connectivity index (χ4n) is 3.25. The minimum Gasteiger partial charge on any atom is -0.466 e. The van der Waals surface area contributed by atoms with Crippen LogP contribution in [0.3, 0.4) is 0 Å². The van der Waals surface area contributed by atoms with Crippen LogP contribution in [0.1, 0.15) is 70.9 Å². The lowest BCUT2D eigenvalue weighted by atomic mass is 9.76. The Bertz CT molecular complexity index is 728. The number of halogens is 2. The van der Waals surface area contributed by atoms with Gasteiger partial charge in [-0.2, -0.15) is 0 Å². The van der Waals surface area contributed by atoms with Crippen molar-refractivity contribution < 1.29 is 27.6 Å². The van der Waals surface area contributed by atoms with Crippen molar-refractivity contribution in [2.45, 2.75) is 77.4 Å². The van der Waals surface area contributed by atoms with Gasteiger partial charge in [-0.25, -0.2) is 8.78 Å². The van der Waals surface area contributed by atoms with Crippen LogP contribution >= 0.6 is 0 Å². The molecule has 0 spiro atoms. The zero-order valence-corrected chi connectivity index (χ0v) is 16.7. The van der Waals surface area contributed by atoms with Gasteiger partial charge in [0.15, 0.2) is 0 Å². The van der Waals surface area contributed by atoms with Crippen molar-refractivity contribution in [3.05, 3.63) is 28.8 Å². The molecule has 1 aromatic carbocycles. The third-order valence-corrected chi connectivity index (χ3v) is 5.76. The van der Waals surface area contributed by atoms with Crippen LogP contribution in [0, 0.1) is 11.6 Å². The summed E-state index contributed by atoms with van der Waals surface area (Å²) in [4.78, 5) is 11.7. The molecule has 1 aliphatic heterocycles. The van der Waals surface area contributed by atoms with Crippen molar-refractivity contribution in [2.75, 3.05) is 6.61 Å². The Labute approximate surface area is 159 Å². The van der Waals surface area contributed by atoms with E-state index in [4.69, 9.17) is 14.0 Å². The molecule has 0 aromatic heterocycles. The van der Waals surface area contributed by atoms with E-state index in [2.05, 4.69) is 0 Å². The van der Waals surface area contributed by atoms with Crippen LogP contribution in [-0.4, -0.2) is 30.9 Å². The van der Waals surface area contributed by atoms with Gasteiger partial charge < -0.3 is 14.0 Å². The van der Waals surface area contributed by atoms with E-state index in [9.17, 15) is 9.18 Å². The topological polar surface area (TPSA) is 44.8 Å². The van der Waals surface area contributed by atoms with Crippen molar-refractivity contribution in [2.24, 2.45) is 0 Å². The maximum Gasteiger partial charge on any atom is 0.497 e. The van der Waals surface area contributed by atoms with Crippen molar-refractivity contribution in [3.8, 4) is 0 Å². The Morgan fingerprint density at radius 3 is 2.30 bits per heavy atom. The smallest absolute Gasteiger partial charge is 0.466 e. The van der Waals surface area contributed by atoms with Crippen LogP contribution in [0.25, 0.3) is 0 Å². The minimum atomic E-state index is -0.908. The lowest BCUT2D eigenvalue weighted by Gasteiger charge is -2.32. The summed E-state index contributed by atoms with van der Waals surface area (Å²) in [5, 5.41) is 0. The van der Waals surface area contributed by atoms with Crippen LogP contribution in [0.5, 0.6) is 0 Å². The summed E-state index contributed by atoms with van der Waals surface area (Å²) in [5.41, 5.74) is -0.639. The van der Waals surface area contributed by atoms with Gasteiger partial charge >= 0.3 is 13.1 Å². The van der Waals surface area contributed by atoms with Gasteiger partial charge in [0.1, 0.15) is 11.6 Å². The molecule has 1 saturated heterocycles. The highest BCUT2D eigenvalue weighted by atomic mass is 19.1. The van der Waals surface area contributed by atoms with Gasteiger partial charge in [0.2, 0.25) is 0 Å². The molecule has 1 heterocycles. The highest BCUT2D eigenvalue weighted by Crippen LogP contribution is 2.43. The first-order valence-electron chi connectivity index (χ1n) is 9.59. The van der Waals surface area contributed by atoms with E-state index in [1.807, 2.05) is 27.7 Å². The average Bonchev–Trinajstić information content (AvgIpc) is 3.35. The molecule has 0 N–H and O–H groups in total. The molecule has 0 atom stereocenters. The molecule has 0 bridgehead atoms. The number of benzene rings is 1. The van der Waals surface area contributed by atoms with Crippen molar-refractivity contribution in [3.63, 3.8) is 0 Å². The normalized spacial score (nSPS) is 20.8. The van der Waals surface area contributed by atoms with Crippen LogP contribution in [0.2, 0.25) is 0 Å². The molecule has 2 fully saturated rings. The van der Waals surface area contributed by atoms with Gasteiger partial charge in [0.05, 0.1) is 17.8 Å². The molecular weight excluding hydrogens is 353 g/mol. The number of carbonyl (C=O) groups is 1. The molecule has 2 aliphatic rings. The number of hydrogen-bond donors (Lipinski definition) is 0. The molecule has 0 radical (unpaired) electrons. The standard InChI is InChI=1S/C20H27BF2O4/c1-6-25-16(24)10-9-13-17(22)14(12-7-8-12)11-15(18(13)23)21-26-19(2,3)20(4,5)27-21/h11-12H,6-10H2,1-5H3. The quantitative estimate of drug-likeness (QED) is 0.559. The second-order valence-corrected chi connectivity index (χ2v) is 8.33. The summed E-state index contributed by atoms with van der Waals surface area (Å²) in [6, 6.07) is 1.54. The van der Waals surface area contributed by atoms with Crippen LogP contribution in [0.4, 0.5) is 8.78 Å². The van der Waals surface area contributed by atoms with Gasteiger partial charge in [-0.3, -0.25) is 4.79 Å². The van der Waals surface area contributed by atoms with E-state index in [1.54, 1.807) is 13.0 Å². The van der Waals surface area contributed by atoms with Gasteiger partial charge in [-0.15, -0.1) is 0 Å².